The first-order valence-electron chi connectivity index (χ1n) is 5.32. The standard InChI is InChI=1S/C12H9BrFNO2/c13-10-8(14)5-6-1-4-9(16)15(7-2-3-7)11(6)12(10)17/h1,4-5,7,17H,2-3H2. The molecule has 1 aromatic heterocycles. The minimum atomic E-state index is -0.531. The van der Waals surface area contributed by atoms with Gasteiger partial charge in [-0.15, -0.1) is 0 Å². The van der Waals surface area contributed by atoms with Gasteiger partial charge in [-0.05, 0) is 40.9 Å². The molecule has 2 aromatic rings. The summed E-state index contributed by atoms with van der Waals surface area (Å²) >= 11 is 2.99. The molecule has 0 spiro atoms. The van der Waals surface area contributed by atoms with Crippen LogP contribution in [-0.2, 0) is 0 Å². The number of aromatic hydroxyl groups is 1. The molecule has 1 aliphatic rings. The van der Waals surface area contributed by atoms with Crippen molar-refractivity contribution in [2.45, 2.75) is 18.9 Å². The van der Waals surface area contributed by atoms with Crippen LogP contribution in [0.15, 0.2) is 27.5 Å². The summed E-state index contributed by atoms with van der Waals surface area (Å²) in [6.45, 7) is 0. The molecule has 0 bridgehead atoms. The van der Waals surface area contributed by atoms with Gasteiger partial charge in [0.05, 0.1) is 9.99 Å². The van der Waals surface area contributed by atoms with Crippen molar-refractivity contribution in [2.75, 3.05) is 0 Å². The number of fused-ring (bicyclic) bond motifs is 1. The van der Waals surface area contributed by atoms with Gasteiger partial charge < -0.3 is 9.67 Å². The van der Waals surface area contributed by atoms with Crippen molar-refractivity contribution in [3.05, 3.63) is 38.8 Å². The first kappa shape index (κ1) is 10.8. The zero-order chi connectivity index (χ0) is 12.2. The topological polar surface area (TPSA) is 42.2 Å². The van der Waals surface area contributed by atoms with Crippen LogP contribution in [0.2, 0.25) is 0 Å². The lowest BCUT2D eigenvalue weighted by Crippen LogP contribution is -2.18. The minimum absolute atomic E-state index is 0.00463. The number of hydrogen-bond donors (Lipinski definition) is 1. The molecule has 3 nitrogen and oxygen atoms in total. The number of benzene rings is 1. The molecule has 0 aliphatic heterocycles. The summed E-state index contributed by atoms with van der Waals surface area (Å²) in [6.07, 6.45) is 1.85. The largest absolute Gasteiger partial charge is 0.505 e. The van der Waals surface area contributed by atoms with Gasteiger partial charge in [-0.3, -0.25) is 4.79 Å². The van der Waals surface area contributed by atoms with E-state index in [0.717, 1.165) is 12.8 Å². The predicted octanol–water partition coefficient (Wildman–Crippen LogP) is 2.94. The van der Waals surface area contributed by atoms with E-state index in [2.05, 4.69) is 15.9 Å². The molecular weight excluding hydrogens is 289 g/mol. The Morgan fingerprint density at radius 2 is 2.12 bits per heavy atom. The third-order valence-corrected chi connectivity index (χ3v) is 3.75. The molecule has 0 unspecified atom stereocenters. The Balaban J connectivity index is 2.49. The van der Waals surface area contributed by atoms with Crippen molar-refractivity contribution in [3.63, 3.8) is 0 Å². The third kappa shape index (κ3) is 1.57. The molecule has 1 saturated carbocycles. The molecule has 1 fully saturated rings. The summed E-state index contributed by atoms with van der Waals surface area (Å²) in [4.78, 5) is 11.8. The van der Waals surface area contributed by atoms with Gasteiger partial charge in [-0.1, -0.05) is 0 Å². The van der Waals surface area contributed by atoms with Gasteiger partial charge in [0, 0.05) is 17.5 Å². The number of aromatic nitrogens is 1. The van der Waals surface area contributed by atoms with Crippen molar-refractivity contribution < 1.29 is 9.50 Å². The predicted molar refractivity (Wildman–Crippen MR) is 65.8 cm³/mol. The van der Waals surface area contributed by atoms with Crippen LogP contribution in [0.25, 0.3) is 10.9 Å². The van der Waals surface area contributed by atoms with Crippen LogP contribution in [0.1, 0.15) is 18.9 Å². The second-order valence-electron chi connectivity index (χ2n) is 4.23. The maximum absolute atomic E-state index is 13.5. The van der Waals surface area contributed by atoms with E-state index < -0.39 is 5.82 Å². The summed E-state index contributed by atoms with van der Waals surface area (Å²) in [5, 5.41) is 10.5. The van der Waals surface area contributed by atoms with Crippen LogP contribution in [0.5, 0.6) is 5.75 Å². The van der Waals surface area contributed by atoms with Crippen molar-refractivity contribution in [3.8, 4) is 5.75 Å². The lowest BCUT2D eigenvalue weighted by atomic mass is 10.2. The van der Waals surface area contributed by atoms with Gasteiger partial charge in [0.15, 0.2) is 5.75 Å². The number of phenols is 1. The van der Waals surface area contributed by atoms with Gasteiger partial charge in [0.1, 0.15) is 5.82 Å². The van der Waals surface area contributed by atoms with Crippen molar-refractivity contribution in [1.29, 1.82) is 0 Å². The summed E-state index contributed by atoms with van der Waals surface area (Å²) in [6, 6.07) is 4.39. The number of rotatable bonds is 1. The minimum Gasteiger partial charge on any atom is -0.505 e. The molecule has 5 heteroatoms. The Morgan fingerprint density at radius 3 is 2.76 bits per heavy atom. The summed E-state index contributed by atoms with van der Waals surface area (Å²) in [7, 11) is 0. The first-order valence-corrected chi connectivity index (χ1v) is 6.11. The highest BCUT2D eigenvalue weighted by Crippen LogP contribution is 2.40. The van der Waals surface area contributed by atoms with Gasteiger partial charge in [-0.25, -0.2) is 4.39 Å². The summed E-state index contributed by atoms with van der Waals surface area (Å²) in [5.74, 6) is -0.736. The maximum Gasteiger partial charge on any atom is 0.251 e. The molecule has 88 valence electrons. The number of nitrogens with zero attached hydrogens (tertiary/aromatic N) is 1. The normalized spacial score (nSPS) is 15.4. The van der Waals surface area contributed by atoms with Crippen molar-refractivity contribution in [2.24, 2.45) is 0 Å². The molecule has 0 radical (unpaired) electrons. The Hall–Kier alpha value is -1.36. The van der Waals surface area contributed by atoms with E-state index >= 15 is 0 Å². The van der Waals surface area contributed by atoms with Crippen LogP contribution < -0.4 is 5.56 Å². The molecule has 1 N–H and O–H groups in total. The first-order chi connectivity index (χ1) is 8.09. The van der Waals surface area contributed by atoms with Crippen LogP contribution in [0.4, 0.5) is 4.39 Å². The summed E-state index contributed by atoms with van der Waals surface area (Å²) < 4.78 is 15.0. The highest BCUT2D eigenvalue weighted by atomic mass is 79.9. The Morgan fingerprint density at radius 1 is 1.41 bits per heavy atom. The number of halogens is 2. The molecule has 1 aliphatic carbocycles. The fourth-order valence-corrected chi connectivity index (χ4v) is 2.35. The highest BCUT2D eigenvalue weighted by molar-refractivity contribution is 9.10. The fourth-order valence-electron chi connectivity index (χ4n) is 2.05. The van der Waals surface area contributed by atoms with E-state index in [9.17, 15) is 14.3 Å². The van der Waals surface area contributed by atoms with Crippen LogP contribution in [-0.4, -0.2) is 9.67 Å². The zero-order valence-electron chi connectivity index (χ0n) is 8.78. The molecule has 0 saturated heterocycles. The quantitative estimate of drug-likeness (QED) is 0.879. The number of hydrogen-bond acceptors (Lipinski definition) is 2. The van der Waals surface area contributed by atoms with Gasteiger partial charge in [-0.2, -0.15) is 0 Å². The van der Waals surface area contributed by atoms with Crippen LogP contribution in [0, 0.1) is 5.82 Å². The average Bonchev–Trinajstić information content (AvgIpc) is 3.11. The van der Waals surface area contributed by atoms with Crippen LogP contribution in [0.3, 0.4) is 0 Å². The molecule has 3 rings (SSSR count). The molecule has 1 aromatic carbocycles. The number of phenolic OH excluding ortho intramolecular Hbond substituents is 1. The smallest absolute Gasteiger partial charge is 0.251 e. The Bertz CT molecular complexity index is 676. The molecular formula is C12H9BrFNO2. The van der Waals surface area contributed by atoms with Crippen LogP contribution >= 0.6 is 15.9 Å². The Kier molecular flexibility index (Phi) is 2.26. The van der Waals surface area contributed by atoms with E-state index in [0.29, 0.717) is 10.9 Å². The highest BCUT2D eigenvalue weighted by Gasteiger charge is 2.27. The van der Waals surface area contributed by atoms with Crippen molar-refractivity contribution >= 4 is 26.8 Å². The molecule has 0 atom stereocenters. The zero-order valence-corrected chi connectivity index (χ0v) is 10.4. The van der Waals surface area contributed by atoms with Gasteiger partial charge >= 0.3 is 0 Å². The van der Waals surface area contributed by atoms with Gasteiger partial charge in [0.25, 0.3) is 5.56 Å². The lowest BCUT2D eigenvalue weighted by Gasteiger charge is -2.11. The Labute approximate surface area is 105 Å². The second kappa shape index (κ2) is 3.57. The van der Waals surface area contributed by atoms with E-state index in [-0.39, 0.29) is 21.8 Å². The lowest BCUT2D eigenvalue weighted by molar-refractivity contribution is 0.466. The van der Waals surface area contributed by atoms with E-state index in [1.807, 2.05) is 0 Å². The number of pyridine rings is 1. The van der Waals surface area contributed by atoms with Gasteiger partial charge in [0.2, 0.25) is 0 Å². The molecule has 1 heterocycles. The third-order valence-electron chi connectivity index (χ3n) is 2.99. The van der Waals surface area contributed by atoms with E-state index in [1.54, 1.807) is 4.57 Å². The molecule has 17 heavy (non-hydrogen) atoms. The molecule has 0 amide bonds. The monoisotopic (exact) mass is 297 g/mol. The van der Waals surface area contributed by atoms with E-state index in [1.165, 1.54) is 18.2 Å². The van der Waals surface area contributed by atoms with E-state index in [4.69, 9.17) is 0 Å². The second-order valence-corrected chi connectivity index (χ2v) is 5.02. The SMILES string of the molecule is O=c1ccc2cc(F)c(Br)c(O)c2n1C1CC1. The average molecular weight is 298 g/mol. The summed E-state index contributed by atoms with van der Waals surface area (Å²) in [5.41, 5.74) is 0.252. The van der Waals surface area contributed by atoms with Crippen molar-refractivity contribution in [1.82, 2.24) is 4.57 Å². The fraction of sp³-hybridized carbons (Fsp3) is 0.250. The maximum atomic E-state index is 13.5.